The highest BCUT2D eigenvalue weighted by Gasteiger charge is 2.31. The predicted molar refractivity (Wildman–Crippen MR) is 114 cm³/mol. The van der Waals surface area contributed by atoms with Crippen LogP contribution in [0.1, 0.15) is 11.3 Å². The maximum atomic E-state index is 13.1. The van der Waals surface area contributed by atoms with Crippen LogP contribution in [-0.2, 0) is 22.6 Å². The number of ether oxygens (including phenoxy) is 1. The first-order valence-electron chi connectivity index (χ1n) is 9.68. The molecule has 1 aliphatic rings. The number of carbonyl (C=O) groups is 1. The lowest BCUT2D eigenvalue weighted by atomic mass is 10.0. The Hall–Kier alpha value is -2.35. The number of carbonyl (C=O) groups excluding carboxylic acids is 1. The van der Waals surface area contributed by atoms with E-state index in [0.29, 0.717) is 26.2 Å². The molecule has 1 aliphatic heterocycles. The number of likely N-dealkylation sites (N-methyl/N-ethyl adjacent to an activating group) is 1. The lowest BCUT2D eigenvalue weighted by Crippen LogP contribution is -2.47. The largest absolute Gasteiger partial charge is 0.370 e. The number of fused-ring (bicyclic) bond motifs is 3. The lowest BCUT2D eigenvalue weighted by molar-refractivity contribution is -0.144. The van der Waals surface area contributed by atoms with Crippen LogP contribution in [0, 0.1) is 6.92 Å². The minimum absolute atomic E-state index is 0.0122. The third kappa shape index (κ3) is 3.43. The van der Waals surface area contributed by atoms with Crippen molar-refractivity contribution in [2.24, 2.45) is 0 Å². The molecule has 1 atom stereocenters. The molecular formula is C21H26ClN5O2. The van der Waals surface area contributed by atoms with Crippen molar-refractivity contribution in [1.29, 1.82) is 0 Å². The van der Waals surface area contributed by atoms with E-state index >= 15 is 0 Å². The smallest absolute Gasteiger partial charge is 0.253 e. The summed E-state index contributed by atoms with van der Waals surface area (Å²) in [5.41, 5.74) is 5.22. The minimum Gasteiger partial charge on any atom is -0.370 e. The SMILES string of the molecule is COC(CN(C)C)C(=O)N1CCn2c(c(-c3cn[nH]c3)c3ccc(C)c(Cl)c32)C1. The van der Waals surface area contributed by atoms with Crippen molar-refractivity contribution in [2.45, 2.75) is 26.1 Å². The first-order valence-corrected chi connectivity index (χ1v) is 10.1. The molecule has 29 heavy (non-hydrogen) atoms. The van der Waals surface area contributed by atoms with Crippen LogP contribution in [0.2, 0.25) is 5.02 Å². The number of aromatic amines is 1. The van der Waals surface area contributed by atoms with E-state index < -0.39 is 6.10 Å². The van der Waals surface area contributed by atoms with Crippen molar-refractivity contribution in [3.05, 3.63) is 40.8 Å². The number of nitrogens with one attached hydrogen (secondary N) is 1. The summed E-state index contributed by atoms with van der Waals surface area (Å²) >= 11 is 6.72. The summed E-state index contributed by atoms with van der Waals surface area (Å²) in [5, 5.41) is 8.88. The van der Waals surface area contributed by atoms with Crippen LogP contribution in [0.3, 0.4) is 0 Å². The Morgan fingerprint density at radius 3 is 2.83 bits per heavy atom. The average molecular weight is 416 g/mol. The molecule has 1 unspecified atom stereocenters. The maximum absolute atomic E-state index is 13.1. The van der Waals surface area contributed by atoms with Crippen LogP contribution in [0.25, 0.3) is 22.0 Å². The Morgan fingerprint density at radius 2 is 2.17 bits per heavy atom. The summed E-state index contributed by atoms with van der Waals surface area (Å²) in [6.45, 7) is 4.39. The quantitative estimate of drug-likeness (QED) is 0.695. The third-order valence-electron chi connectivity index (χ3n) is 5.59. The van der Waals surface area contributed by atoms with Crippen molar-refractivity contribution >= 4 is 28.4 Å². The van der Waals surface area contributed by atoms with E-state index in [1.54, 1.807) is 7.11 Å². The van der Waals surface area contributed by atoms with Gasteiger partial charge in [-0.3, -0.25) is 9.89 Å². The average Bonchev–Trinajstić information content (AvgIpc) is 3.33. The van der Waals surface area contributed by atoms with E-state index in [1.807, 2.05) is 49.3 Å². The Labute approximate surface area is 175 Å². The van der Waals surface area contributed by atoms with Gasteiger partial charge in [0, 0.05) is 55.1 Å². The minimum atomic E-state index is -0.482. The molecule has 3 heterocycles. The van der Waals surface area contributed by atoms with Gasteiger partial charge in [-0.2, -0.15) is 5.10 Å². The summed E-state index contributed by atoms with van der Waals surface area (Å²) in [7, 11) is 5.47. The number of H-pyrrole nitrogens is 1. The van der Waals surface area contributed by atoms with Gasteiger partial charge in [-0.1, -0.05) is 23.7 Å². The van der Waals surface area contributed by atoms with Crippen LogP contribution >= 0.6 is 11.6 Å². The van der Waals surface area contributed by atoms with Gasteiger partial charge >= 0.3 is 0 Å². The van der Waals surface area contributed by atoms with Crippen molar-refractivity contribution in [3.8, 4) is 11.1 Å². The number of hydrogen-bond acceptors (Lipinski definition) is 4. The monoisotopic (exact) mass is 415 g/mol. The molecule has 1 amide bonds. The molecule has 0 aliphatic carbocycles. The molecule has 3 aromatic rings. The molecular weight excluding hydrogens is 390 g/mol. The molecule has 2 aromatic heterocycles. The highest BCUT2D eigenvalue weighted by molar-refractivity contribution is 6.36. The number of benzene rings is 1. The van der Waals surface area contributed by atoms with Gasteiger partial charge in [-0.05, 0) is 26.6 Å². The summed E-state index contributed by atoms with van der Waals surface area (Å²) in [5.74, 6) is 0.0122. The molecule has 7 nitrogen and oxygen atoms in total. The van der Waals surface area contributed by atoms with E-state index in [2.05, 4.69) is 20.8 Å². The second-order valence-corrected chi connectivity index (χ2v) is 8.18. The van der Waals surface area contributed by atoms with Crippen molar-refractivity contribution in [2.75, 3.05) is 34.3 Å². The van der Waals surface area contributed by atoms with E-state index in [-0.39, 0.29) is 5.91 Å². The molecule has 1 N–H and O–H groups in total. The molecule has 154 valence electrons. The number of nitrogens with zero attached hydrogens (tertiary/aromatic N) is 4. The van der Waals surface area contributed by atoms with Crippen molar-refractivity contribution < 1.29 is 9.53 Å². The second-order valence-electron chi connectivity index (χ2n) is 7.80. The van der Waals surface area contributed by atoms with Gasteiger partial charge in [0.05, 0.1) is 23.3 Å². The highest BCUT2D eigenvalue weighted by Crippen LogP contribution is 2.40. The number of amides is 1. The van der Waals surface area contributed by atoms with Crippen LogP contribution in [0.15, 0.2) is 24.5 Å². The standard InChI is InChI=1S/C21H26ClN5O2/c1-13-5-6-15-18(14-9-23-24-10-14)16-11-26(7-8-27(16)20(15)19(13)22)21(28)17(29-4)12-25(2)3/h5-6,9-10,17H,7-8,11-12H2,1-4H3,(H,23,24). The van der Waals surface area contributed by atoms with Crippen molar-refractivity contribution in [1.82, 2.24) is 24.6 Å². The fourth-order valence-electron chi connectivity index (χ4n) is 4.13. The predicted octanol–water partition coefficient (Wildman–Crippen LogP) is 2.91. The van der Waals surface area contributed by atoms with Gasteiger partial charge in [-0.15, -0.1) is 0 Å². The van der Waals surface area contributed by atoms with Crippen LogP contribution in [-0.4, -0.2) is 70.9 Å². The normalized spacial score (nSPS) is 15.2. The Morgan fingerprint density at radius 1 is 1.38 bits per heavy atom. The van der Waals surface area contributed by atoms with Gasteiger partial charge in [0.15, 0.2) is 0 Å². The Bertz CT molecular complexity index is 1040. The fraction of sp³-hybridized carbons (Fsp3) is 0.429. The van der Waals surface area contributed by atoms with Crippen LogP contribution < -0.4 is 0 Å². The third-order valence-corrected chi connectivity index (χ3v) is 6.06. The van der Waals surface area contributed by atoms with E-state index in [1.165, 1.54) is 0 Å². The van der Waals surface area contributed by atoms with Gasteiger partial charge in [0.25, 0.3) is 5.91 Å². The molecule has 0 radical (unpaired) electrons. The van der Waals surface area contributed by atoms with Gasteiger partial charge in [0.2, 0.25) is 0 Å². The summed E-state index contributed by atoms with van der Waals surface area (Å²) < 4.78 is 7.74. The maximum Gasteiger partial charge on any atom is 0.253 e. The first-order chi connectivity index (χ1) is 13.9. The lowest BCUT2D eigenvalue weighted by Gasteiger charge is -2.32. The Balaban J connectivity index is 1.80. The summed E-state index contributed by atoms with van der Waals surface area (Å²) in [6.07, 6.45) is 3.21. The summed E-state index contributed by atoms with van der Waals surface area (Å²) in [4.78, 5) is 17.0. The molecule has 0 spiro atoms. The van der Waals surface area contributed by atoms with Crippen LogP contribution in [0.4, 0.5) is 0 Å². The zero-order valence-electron chi connectivity index (χ0n) is 17.2. The van der Waals surface area contributed by atoms with Gasteiger partial charge in [-0.25, -0.2) is 0 Å². The molecule has 4 rings (SSSR count). The number of aromatic nitrogens is 3. The highest BCUT2D eigenvalue weighted by atomic mass is 35.5. The molecule has 0 fully saturated rings. The number of halogens is 1. The van der Waals surface area contributed by atoms with Gasteiger partial charge < -0.3 is 19.1 Å². The first kappa shape index (κ1) is 19.9. The van der Waals surface area contributed by atoms with E-state index in [4.69, 9.17) is 16.3 Å². The summed E-state index contributed by atoms with van der Waals surface area (Å²) in [6, 6.07) is 4.15. The topological polar surface area (TPSA) is 66.4 Å². The number of hydrogen-bond donors (Lipinski definition) is 1. The molecule has 8 heteroatoms. The zero-order chi connectivity index (χ0) is 20.7. The van der Waals surface area contributed by atoms with Crippen LogP contribution in [0.5, 0.6) is 0 Å². The number of methoxy groups -OCH3 is 1. The molecule has 0 saturated carbocycles. The second kappa shape index (κ2) is 7.82. The number of rotatable bonds is 5. The molecule has 1 aromatic carbocycles. The van der Waals surface area contributed by atoms with E-state index in [0.717, 1.165) is 38.3 Å². The van der Waals surface area contributed by atoms with E-state index in [9.17, 15) is 4.79 Å². The molecule has 0 saturated heterocycles. The molecule has 0 bridgehead atoms. The fourth-order valence-corrected chi connectivity index (χ4v) is 4.40. The zero-order valence-corrected chi connectivity index (χ0v) is 18.0. The van der Waals surface area contributed by atoms with Gasteiger partial charge in [0.1, 0.15) is 6.10 Å². The Kier molecular flexibility index (Phi) is 5.38. The van der Waals surface area contributed by atoms with Crippen molar-refractivity contribution in [3.63, 3.8) is 0 Å². The number of aryl methyl sites for hydroxylation is 1.